The predicted octanol–water partition coefficient (Wildman–Crippen LogP) is 4.84. The third-order valence-corrected chi connectivity index (χ3v) is 7.53. The van der Waals surface area contributed by atoms with E-state index >= 15 is 0 Å². The van der Waals surface area contributed by atoms with E-state index in [0.717, 1.165) is 42.6 Å². The first-order chi connectivity index (χ1) is 16.0. The van der Waals surface area contributed by atoms with Gasteiger partial charge in [-0.05, 0) is 32.4 Å². The molecule has 0 saturated carbocycles. The summed E-state index contributed by atoms with van der Waals surface area (Å²) in [4.78, 5) is 11.9. The number of nitrogens with one attached hydrogen (secondary N) is 1. The molecule has 1 N–H and O–H groups in total. The van der Waals surface area contributed by atoms with Crippen LogP contribution in [0, 0.1) is 5.92 Å². The average Bonchev–Trinajstić information content (AvgIpc) is 2.83. The van der Waals surface area contributed by atoms with Gasteiger partial charge in [-0.25, -0.2) is 4.48 Å². The van der Waals surface area contributed by atoms with Crippen LogP contribution in [0.15, 0.2) is 24.4 Å². The Labute approximate surface area is 210 Å². The van der Waals surface area contributed by atoms with Gasteiger partial charge in [-0.1, -0.05) is 24.9 Å². The molecular formula is C26H43ClN6O+2. The first-order valence-electron chi connectivity index (χ1n) is 12.3. The summed E-state index contributed by atoms with van der Waals surface area (Å²) in [6.45, 7) is 7.42. The molecule has 0 spiro atoms. The molecule has 0 bridgehead atoms. The Balaban J connectivity index is 1.94. The van der Waals surface area contributed by atoms with Gasteiger partial charge in [0.15, 0.2) is 0 Å². The largest absolute Gasteiger partial charge is 0.495 e. The van der Waals surface area contributed by atoms with Crippen LogP contribution in [-0.4, -0.2) is 78.0 Å². The van der Waals surface area contributed by atoms with E-state index < -0.39 is 0 Å². The zero-order valence-corrected chi connectivity index (χ0v) is 23.0. The highest BCUT2D eigenvalue weighted by Crippen LogP contribution is 2.38. The monoisotopic (exact) mass is 490 g/mol. The van der Waals surface area contributed by atoms with E-state index in [1.165, 1.54) is 19.3 Å². The second-order valence-electron chi connectivity index (χ2n) is 10.6. The second-order valence-corrected chi connectivity index (χ2v) is 11.0. The number of anilines is 1. The molecule has 7 nitrogen and oxygen atoms in total. The van der Waals surface area contributed by atoms with Gasteiger partial charge in [-0.15, -0.1) is 4.98 Å². The zero-order chi connectivity index (χ0) is 25.1. The van der Waals surface area contributed by atoms with E-state index in [1.54, 1.807) is 13.3 Å². The number of halogens is 1. The van der Waals surface area contributed by atoms with Crippen LogP contribution in [0.2, 0.25) is 5.02 Å². The molecule has 1 aliphatic rings. The summed E-state index contributed by atoms with van der Waals surface area (Å²) >= 11 is 6.68. The van der Waals surface area contributed by atoms with Crippen LogP contribution in [0.1, 0.15) is 33.1 Å². The minimum absolute atomic E-state index is 0.401. The Kier molecular flexibility index (Phi) is 8.45. The van der Waals surface area contributed by atoms with Crippen LogP contribution in [0.3, 0.4) is 0 Å². The van der Waals surface area contributed by atoms with E-state index in [-0.39, 0.29) is 0 Å². The normalized spacial score (nSPS) is 18.0. The quantitative estimate of drug-likeness (QED) is 0.510. The van der Waals surface area contributed by atoms with Gasteiger partial charge in [0.25, 0.3) is 5.82 Å². The minimum Gasteiger partial charge on any atom is -0.495 e. The van der Waals surface area contributed by atoms with Crippen LogP contribution < -0.4 is 23.9 Å². The molecule has 34 heavy (non-hydrogen) atoms. The minimum atomic E-state index is 0.401. The molecular weight excluding hydrogens is 448 g/mol. The number of methoxy groups -OCH3 is 1. The maximum atomic E-state index is 6.68. The molecule has 2 heterocycles. The predicted molar refractivity (Wildman–Crippen MR) is 146 cm³/mol. The van der Waals surface area contributed by atoms with Gasteiger partial charge in [0.1, 0.15) is 16.5 Å². The molecule has 1 aromatic heterocycles. The van der Waals surface area contributed by atoms with Crippen molar-refractivity contribution in [2.45, 2.75) is 39.2 Å². The summed E-state index contributed by atoms with van der Waals surface area (Å²) in [5.41, 5.74) is 2.13. The van der Waals surface area contributed by atoms with Crippen molar-refractivity contribution >= 4 is 34.7 Å². The fourth-order valence-corrected chi connectivity index (χ4v) is 5.27. The number of ether oxygens (including phenoxy) is 1. The van der Waals surface area contributed by atoms with E-state index in [1.807, 2.05) is 6.07 Å². The van der Waals surface area contributed by atoms with Crippen molar-refractivity contribution in [2.24, 2.45) is 5.92 Å². The molecule has 3 rings (SSSR count). The highest BCUT2D eigenvalue weighted by molar-refractivity contribution is 6.32. The number of piperidine rings is 1. The number of rotatable bonds is 9. The molecule has 1 aliphatic heterocycles. The molecule has 1 saturated heterocycles. The van der Waals surface area contributed by atoms with Crippen LogP contribution in [0.25, 0.3) is 0 Å². The van der Waals surface area contributed by atoms with Crippen LogP contribution in [0.5, 0.6) is 5.75 Å². The van der Waals surface area contributed by atoms with E-state index in [2.05, 4.69) is 76.4 Å². The van der Waals surface area contributed by atoms with Crippen molar-refractivity contribution in [1.82, 2.24) is 24.3 Å². The molecule has 2 aromatic rings. The summed E-state index contributed by atoms with van der Waals surface area (Å²) in [7, 11) is 12.4. The lowest BCUT2D eigenvalue weighted by molar-refractivity contribution is 0.245. The zero-order valence-electron chi connectivity index (χ0n) is 22.2. The van der Waals surface area contributed by atoms with Gasteiger partial charge in [0.2, 0.25) is 0 Å². The average molecular weight is 491 g/mol. The van der Waals surface area contributed by atoms with Gasteiger partial charge < -0.3 is 15.0 Å². The van der Waals surface area contributed by atoms with Crippen molar-refractivity contribution in [1.29, 1.82) is 0 Å². The molecule has 2 atom stereocenters. The molecule has 8 heteroatoms. The number of aromatic nitrogens is 2. The van der Waals surface area contributed by atoms with Crippen molar-refractivity contribution in [3.8, 4) is 5.75 Å². The molecule has 1 fully saturated rings. The van der Waals surface area contributed by atoms with Gasteiger partial charge >= 0.3 is 5.95 Å². The molecule has 0 aliphatic carbocycles. The Bertz CT molecular complexity index is 974. The maximum absolute atomic E-state index is 6.68. The lowest BCUT2D eigenvalue weighted by atomic mass is 9.92. The first-order valence-corrected chi connectivity index (χ1v) is 12.7. The number of hydrogen-bond donors (Lipinski definition) is 1. The maximum Gasteiger partial charge on any atom is 0.338 e. The molecule has 188 valence electrons. The van der Waals surface area contributed by atoms with E-state index in [0.29, 0.717) is 31.9 Å². The summed E-state index contributed by atoms with van der Waals surface area (Å²) in [6, 6.07) is 6.82. The smallest absolute Gasteiger partial charge is 0.338 e. The molecule has 1 aromatic carbocycles. The van der Waals surface area contributed by atoms with Crippen LogP contribution in [-0.2, 0) is 0 Å². The topological polar surface area (TPSA) is 50.3 Å². The molecule has 0 radical (unpaired) electrons. The number of hydrogen-bond acceptors (Lipinski definition) is 5. The number of benzene rings is 1. The third-order valence-electron chi connectivity index (χ3n) is 7.26. The summed E-state index contributed by atoms with van der Waals surface area (Å²) in [5, 5.41) is 4.31. The Hall–Kier alpha value is -1.93. The number of nitrogens with zero attached hydrogens (tertiary/aromatic N) is 5. The lowest BCUT2D eigenvalue weighted by Crippen LogP contribution is -2.51. The Morgan fingerprint density at radius 2 is 1.97 bits per heavy atom. The Morgan fingerprint density at radius 3 is 2.59 bits per heavy atom. The molecule has 0 amide bonds. The summed E-state index contributed by atoms with van der Waals surface area (Å²) < 4.78 is 6.62. The van der Waals surface area contributed by atoms with E-state index in [9.17, 15) is 0 Å². The van der Waals surface area contributed by atoms with Crippen molar-refractivity contribution in [3.05, 3.63) is 29.4 Å². The van der Waals surface area contributed by atoms with Crippen molar-refractivity contribution in [2.75, 3.05) is 66.9 Å². The third kappa shape index (κ3) is 5.65. The fraction of sp³-hybridized carbons (Fsp3) is 0.615. The van der Waals surface area contributed by atoms with Crippen molar-refractivity contribution < 1.29 is 4.74 Å². The lowest BCUT2D eigenvalue weighted by Gasteiger charge is -2.36. The summed E-state index contributed by atoms with van der Waals surface area (Å²) in [6.07, 6.45) is 5.57. The van der Waals surface area contributed by atoms with Crippen LogP contribution in [0.4, 0.5) is 23.1 Å². The van der Waals surface area contributed by atoms with Gasteiger partial charge in [0, 0.05) is 37.7 Å². The van der Waals surface area contributed by atoms with Crippen LogP contribution >= 0.6 is 11.6 Å². The second kappa shape index (κ2) is 10.8. The summed E-state index contributed by atoms with van der Waals surface area (Å²) in [5.74, 6) is 2.94. The van der Waals surface area contributed by atoms with Crippen molar-refractivity contribution in [3.63, 3.8) is 0 Å². The number of quaternary nitrogens is 2. The van der Waals surface area contributed by atoms with Gasteiger partial charge in [-0.3, -0.25) is 4.48 Å². The first kappa shape index (κ1) is 26.7. The highest BCUT2D eigenvalue weighted by atomic mass is 35.5. The standard InChI is InChI=1S/C26H43ClN6O/c1-9-31(3)23-16-20(13-14-24(23)34-8)33(6,7)26-29-17-21(27)25(30-26)32(4,5)18-19(2)22-12-10-11-15-28-22/h13-14,16-17,19,22,28H,9-12,15,18H2,1-8H3/q+2. The fourth-order valence-electron chi connectivity index (χ4n) is 4.95. The SMILES string of the molecule is CCN(C)c1cc([N+](C)(C)c2ncc(Cl)c([N+](C)(C)CC(C)C3CCCCN3)n2)ccc1OC. The van der Waals surface area contributed by atoms with E-state index in [4.69, 9.17) is 21.3 Å². The molecule has 2 unspecified atom stereocenters. The Morgan fingerprint density at radius 1 is 1.24 bits per heavy atom. The van der Waals surface area contributed by atoms with Gasteiger partial charge in [0.05, 0.1) is 53.7 Å². The highest BCUT2D eigenvalue weighted by Gasteiger charge is 2.35. The van der Waals surface area contributed by atoms with Gasteiger partial charge in [-0.2, -0.15) is 4.98 Å².